The van der Waals surface area contributed by atoms with Crippen molar-refractivity contribution in [1.82, 2.24) is 5.32 Å². The number of ether oxygens (including phenoxy) is 3. The van der Waals surface area contributed by atoms with Gasteiger partial charge in [-0.3, -0.25) is 4.79 Å². The molecule has 0 aromatic heterocycles. The van der Waals surface area contributed by atoms with Gasteiger partial charge in [0.1, 0.15) is 12.4 Å². The molecule has 6 heteroatoms. The van der Waals surface area contributed by atoms with Gasteiger partial charge >= 0.3 is 5.97 Å². The molecule has 1 aromatic rings. The molecule has 1 amide bonds. The lowest BCUT2D eigenvalue weighted by Crippen LogP contribution is -2.37. The zero-order valence-corrected chi connectivity index (χ0v) is 15.8. The molecular weight excluding hydrogens is 346 g/mol. The molecule has 1 atom stereocenters. The van der Waals surface area contributed by atoms with Crippen molar-refractivity contribution in [2.45, 2.75) is 63.5 Å². The second-order valence-corrected chi connectivity index (χ2v) is 7.30. The monoisotopic (exact) mass is 375 g/mol. The lowest BCUT2D eigenvalue weighted by molar-refractivity contribution is -0.125. The van der Waals surface area contributed by atoms with E-state index in [2.05, 4.69) is 5.32 Å². The predicted octanol–water partition coefficient (Wildman–Crippen LogP) is 3.24. The molecule has 0 spiro atoms. The smallest absolute Gasteiger partial charge is 0.338 e. The van der Waals surface area contributed by atoms with Crippen LogP contribution in [-0.4, -0.2) is 43.8 Å². The summed E-state index contributed by atoms with van der Waals surface area (Å²) in [4.78, 5) is 24.1. The highest BCUT2D eigenvalue weighted by atomic mass is 16.5. The van der Waals surface area contributed by atoms with Crippen LogP contribution in [0.5, 0.6) is 5.75 Å². The fourth-order valence-corrected chi connectivity index (χ4v) is 3.56. The number of esters is 1. The van der Waals surface area contributed by atoms with Crippen molar-refractivity contribution < 1.29 is 23.8 Å². The van der Waals surface area contributed by atoms with Crippen molar-refractivity contribution in [2.75, 3.05) is 19.8 Å². The highest BCUT2D eigenvalue weighted by Crippen LogP contribution is 2.18. The van der Waals surface area contributed by atoms with Gasteiger partial charge in [0.25, 0.3) is 5.91 Å². The number of hydrogen-bond acceptors (Lipinski definition) is 5. The molecule has 1 N–H and O–H groups in total. The standard InChI is InChI=1S/C21H29NO5/c23-20(22-17-6-3-1-2-4-7-17)15-27-21(24)16-9-11-18(12-10-16)26-14-19-8-5-13-25-19/h9-12,17,19H,1-8,13-15H2,(H,22,23)/t19-/m1/s1. The minimum absolute atomic E-state index is 0.154. The Bertz CT molecular complexity index is 602. The quantitative estimate of drug-likeness (QED) is 0.585. The summed E-state index contributed by atoms with van der Waals surface area (Å²) in [7, 11) is 0. The molecule has 2 fully saturated rings. The van der Waals surface area contributed by atoms with Crippen LogP contribution in [0.1, 0.15) is 61.7 Å². The number of nitrogens with one attached hydrogen (secondary N) is 1. The minimum atomic E-state index is -0.503. The Morgan fingerprint density at radius 1 is 1.00 bits per heavy atom. The Morgan fingerprint density at radius 3 is 2.41 bits per heavy atom. The highest BCUT2D eigenvalue weighted by molar-refractivity contribution is 5.91. The van der Waals surface area contributed by atoms with E-state index in [0.29, 0.717) is 17.9 Å². The number of carbonyl (C=O) groups excluding carboxylic acids is 2. The Balaban J connectivity index is 1.38. The molecular formula is C21H29NO5. The van der Waals surface area contributed by atoms with Gasteiger partial charge in [-0.15, -0.1) is 0 Å². The summed E-state index contributed by atoms with van der Waals surface area (Å²) in [6.45, 7) is 1.07. The van der Waals surface area contributed by atoms with E-state index in [-0.39, 0.29) is 24.7 Å². The summed E-state index contributed by atoms with van der Waals surface area (Å²) in [5.41, 5.74) is 0.404. The molecule has 0 radical (unpaired) electrons. The van der Waals surface area contributed by atoms with E-state index in [0.717, 1.165) is 45.1 Å². The van der Waals surface area contributed by atoms with E-state index >= 15 is 0 Å². The van der Waals surface area contributed by atoms with E-state index in [9.17, 15) is 9.59 Å². The molecule has 27 heavy (non-hydrogen) atoms. The van der Waals surface area contributed by atoms with Crippen LogP contribution >= 0.6 is 0 Å². The maximum Gasteiger partial charge on any atom is 0.338 e. The Hall–Kier alpha value is -2.08. The van der Waals surface area contributed by atoms with Crippen LogP contribution < -0.4 is 10.1 Å². The van der Waals surface area contributed by atoms with Crippen molar-refractivity contribution in [3.63, 3.8) is 0 Å². The van der Waals surface area contributed by atoms with Crippen molar-refractivity contribution in [2.24, 2.45) is 0 Å². The first-order valence-electron chi connectivity index (χ1n) is 10.0. The van der Waals surface area contributed by atoms with E-state index in [4.69, 9.17) is 14.2 Å². The van der Waals surface area contributed by atoms with Crippen molar-refractivity contribution in [1.29, 1.82) is 0 Å². The molecule has 1 saturated heterocycles. The lowest BCUT2D eigenvalue weighted by Gasteiger charge is -2.16. The van der Waals surface area contributed by atoms with Crippen molar-refractivity contribution in [3.8, 4) is 5.75 Å². The van der Waals surface area contributed by atoms with Crippen LogP contribution in [0, 0.1) is 0 Å². The third-order valence-corrected chi connectivity index (χ3v) is 5.10. The summed E-state index contributed by atoms with van der Waals surface area (Å²) in [5.74, 6) is -0.0448. The maximum absolute atomic E-state index is 12.1. The average Bonchev–Trinajstić information content (AvgIpc) is 3.08. The van der Waals surface area contributed by atoms with Gasteiger partial charge < -0.3 is 19.5 Å². The normalized spacial score (nSPS) is 20.7. The third-order valence-electron chi connectivity index (χ3n) is 5.10. The molecule has 1 aliphatic heterocycles. The minimum Gasteiger partial charge on any atom is -0.491 e. The third kappa shape index (κ3) is 6.54. The average molecular weight is 375 g/mol. The van der Waals surface area contributed by atoms with Gasteiger partial charge in [0.15, 0.2) is 6.61 Å². The van der Waals surface area contributed by atoms with Crippen molar-refractivity contribution >= 4 is 11.9 Å². The first kappa shape index (κ1) is 19.7. The molecule has 1 aliphatic carbocycles. The second kappa shape index (κ2) is 10.3. The molecule has 148 valence electrons. The van der Waals surface area contributed by atoms with Gasteiger partial charge in [0, 0.05) is 12.6 Å². The van der Waals surface area contributed by atoms with Gasteiger partial charge in [0.2, 0.25) is 0 Å². The zero-order chi connectivity index (χ0) is 18.9. The molecule has 0 bridgehead atoms. The molecule has 1 saturated carbocycles. The van der Waals surface area contributed by atoms with Gasteiger partial charge in [-0.05, 0) is 49.9 Å². The molecule has 0 unspecified atom stereocenters. The first-order chi connectivity index (χ1) is 13.2. The van der Waals surface area contributed by atoms with Crippen LogP contribution in [0.2, 0.25) is 0 Å². The van der Waals surface area contributed by atoms with Crippen LogP contribution in [0.4, 0.5) is 0 Å². The Labute approximate surface area is 160 Å². The van der Waals surface area contributed by atoms with E-state index in [1.54, 1.807) is 24.3 Å². The second-order valence-electron chi connectivity index (χ2n) is 7.30. The number of benzene rings is 1. The Morgan fingerprint density at radius 2 is 1.74 bits per heavy atom. The summed E-state index contributed by atoms with van der Waals surface area (Å²) in [6.07, 6.45) is 9.02. The predicted molar refractivity (Wildman–Crippen MR) is 101 cm³/mol. The summed E-state index contributed by atoms with van der Waals surface area (Å²) < 4.78 is 16.3. The van der Waals surface area contributed by atoms with Crippen LogP contribution in [0.25, 0.3) is 0 Å². The summed E-state index contributed by atoms with van der Waals surface area (Å²) in [5, 5.41) is 2.97. The Kier molecular flexibility index (Phi) is 7.51. The van der Waals surface area contributed by atoms with Crippen LogP contribution in [-0.2, 0) is 14.3 Å². The van der Waals surface area contributed by atoms with Gasteiger partial charge in [-0.2, -0.15) is 0 Å². The highest BCUT2D eigenvalue weighted by Gasteiger charge is 2.17. The molecule has 3 rings (SSSR count). The fourth-order valence-electron chi connectivity index (χ4n) is 3.56. The van der Waals surface area contributed by atoms with Crippen LogP contribution in [0.3, 0.4) is 0 Å². The van der Waals surface area contributed by atoms with E-state index < -0.39 is 5.97 Å². The largest absolute Gasteiger partial charge is 0.491 e. The molecule has 1 heterocycles. The number of carbonyl (C=O) groups is 2. The SMILES string of the molecule is O=C(COC(=O)c1ccc(OC[C@H]2CCCO2)cc1)NC1CCCCCC1. The molecule has 2 aliphatic rings. The maximum atomic E-state index is 12.1. The lowest BCUT2D eigenvalue weighted by atomic mass is 10.1. The topological polar surface area (TPSA) is 73.9 Å². The van der Waals surface area contributed by atoms with Crippen molar-refractivity contribution in [3.05, 3.63) is 29.8 Å². The molecule has 1 aromatic carbocycles. The fraction of sp³-hybridized carbons (Fsp3) is 0.619. The van der Waals surface area contributed by atoms with Gasteiger partial charge in [-0.25, -0.2) is 4.79 Å². The zero-order valence-electron chi connectivity index (χ0n) is 15.8. The van der Waals surface area contributed by atoms with E-state index in [1.165, 1.54) is 12.8 Å². The van der Waals surface area contributed by atoms with E-state index in [1.807, 2.05) is 0 Å². The van der Waals surface area contributed by atoms with Crippen LogP contribution in [0.15, 0.2) is 24.3 Å². The number of hydrogen-bond donors (Lipinski definition) is 1. The van der Waals surface area contributed by atoms with Gasteiger partial charge in [-0.1, -0.05) is 25.7 Å². The molecule has 6 nitrogen and oxygen atoms in total. The van der Waals surface area contributed by atoms with Gasteiger partial charge in [0.05, 0.1) is 11.7 Å². The number of rotatable bonds is 7. The number of amides is 1. The summed E-state index contributed by atoms with van der Waals surface area (Å²) >= 11 is 0. The summed E-state index contributed by atoms with van der Waals surface area (Å²) in [6, 6.07) is 6.97. The first-order valence-corrected chi connectivity index (χ1v) is 10.0.